The number of hydrogen-bond acceptors (Lipinski definition) is 4. The fourth-order valence-electron chi connectivity index (χ4n) is 4.29. The van der Waals surface area contributed by atoms with Gasteiger partial charge in [0, 0.05) is 22.2 Å². The lowest BCUT2D eigenvalue weighted by molar-refractivity contribution is 0.0990. The van der Waals surface area contributed by atoms with Gasteiger partial charge in [-0.05, 0) is 36.4 Å². The molecule has 3 aromatic carbocycles. The van der Waals surface area contributed by atoms with E-state index in [1.165, 1.54) is 6.08 Å². The molecule has 5 aromatic rings. The van der Waals surface area contributed by atoms with E-state index in [1.807, 2.05) is 53.1 Å². The Morgan fingerprint density at radius 2 is 1.31 bits per heavy atom. The highest BCUT2D eigenvalue weighted by molar-refractivity contribution is 6.41. The first-order chi connectivity index (χ1) is 15.6. The number of Topliss-reactive ketones (excluding diaryl/α,β-unsaturated/α-hetero) is 2. The summed E-state index contributed by atoms with van der Waals surface area (Å²) in [5.74, 6) is -0.398. The van der Waals surface area contributed by atoms with E-state index in [4.69, 9.17) is 4.42 Å². The number of carbonyl (C=O) groups is 2. The molecule has 1 aliphatic rings. The lowest BCUT2D eigenvalue weighted by Gasteiger charge is -2.11. The molecule has 0 bridgehead atoms. The molecule has 2 heterocycles. The molecular formula is C27H15NO4. The maximum atomic E-state index is 13.2. The predicted molar refractivity (Wildman–Crippen MR) is 122 cm³/mol. The Hall–Kier alpha value is -4.51. The summed E-state index contributed by atoms with van der Waals surface area (Å²) >= 11 is 0. The number of fused-ring (bicyclic) bond motifs is 3. The number of furan rings is 1. The molecule has 0 unspecified atom stereocenters. The molecule has 0 N–H and O–H groups in total. The van der Waals surface area contributed by atoms with E-state index in [1.54, 1.807) is 36.4 Å². The first-order valence-corrected chi connectivity index (χ1v) is 10.2. The quantitative estimate of drug-likeness (QED) is 0.292. The van der Waals surface area contributed by atoms with E-state index in [0.717, 1.165) is 5.69 Å². The lowest BCUT2D eigenvalue weighted by Crippen LogP contribution is -2.08. The summed E-state index contributed by atoms with van der Waals surface area (Å²) < 4.78 is 7.96. The third-order valence-corrected chi connectivity index (χ3v) is 5.78. The molecule has 152 valence electrons. The topological polar surface area (TPSA) is 69.3 Å². The SMILES string of the molecule is O=C1C(=Cc2cc3c(=O)c4ccccc4n(-c4ccccc4)c3o2)C(=O)c2ccccc21. The third-order valence-electron chi connectivity index (χ3n) is 5.78. The van der Waals surface area contributed by atoms with Crippen LogP contribution >= 0.6 is 0 Å². The van der Waals surface area contributed by atoms with Crippen LogP contribution in [-0.2, 0) is 0 Å². The van der Waals surface area contributed by atoms with E-state index in [2.05, 4.69) is 0 Å². The van der Waals surface area contributed by atoms with Crippen LogP contribution in [0.2, 0.25) is 0 Å². The van der Waals surface area contributed by atoms with Crippen molar-refractivity contribution in [3.63, 3.8) is 0 Å². The van der Waals surface area contributed by atoms with Crippen molar-refractivity contribution in [2.45, 2.75) is 0 Å². The molecule has 5 heteroatoms. The molecule has 0 saturated carbocycles. The van der Waals surface area contributed by atoms with Crippen molar-refractivity contribution >= 4 is 39.6 Å². The molecular weight excluding hydrogens is 402 g/mol. The van der Waals surface area contributed by atoms with Gasteiger partial charge in [0.15, 0.2) is 11.6 Å². The van der Waals surface area contributed by atoms with Gasteiger partial charge in [-0.1, -0.05) is 54.6 Å². The van der Waals surface area contributed by atoms with Crippen LogP contribution in [0.25, 0.3) is 33.8 Å². The Bertz CT molecular complexity index is 1630. The van der Waals surface area contributed by atoms with Gasteiger partial charge in [0.2, 0.25) is 11.1 Å². The van der Waals surface area contributed by atoms with Gasteiger partial charge < -0.3 is 4.42 Å². The fraction of sp³-hybridized carbons (Fsp3) is 0. The van der Waals surface area contributed by atoms with Crippen LogP contribution in [-0.4, -0.2) is 16.1 Å². The summed E-state index contributed by atoms with van der Waals surface area (Å²) in [6.45, 7) is 0. The number of aromatic nitrogens is 1. The highest BCUT2D eigenvalue weighted by Gasteiger charge is 2.33. The van der Waals surface area contributed by atoms with Crippen LogP contribution < -0.4 is 5.43 Å². The highest BCUT2D eigenvalue weighted by Crippen LogP contribution is 2.30. The molecule has 0 saturated heterocycles. The molecule has 5 nitrogen and oxygen atoms in total. The molecule has 0 spiro atoms. The summed E-state index contributed by atoms with van der Waals surface area (Å²) in [6, 6.07) is 25.3. The van der Waals surface area contributed by atoms with Crippen molar-refractivity contribution in [1.29, 1.82) is 0 Å². The molecule has 2 aromatic heterocycles. The minimum Gasteiger partial charge on any atom is -0.440 e. The average molecular weight is 417 g/mol. The maximum absolute atomic E-state index is 13.2. The van der Waals surface area contributed by atoms with Crippen molar-refractivity contribution in [2.24, 2.45) is 0 Å². The van der Waals surface area contributed by atoms with Crippen LogP contribution in [0, 0.1) is 0 Å². The van der Waals surface area contributed by atoms with Crippen molar-refractivity contribution in [1.82, 2.24) is 4.57 Å². The summed E-state index contributed by atoms with van der Waals surface area (Å²) in [5.41, 5.74) is 2.55. The van der Waals surface area contributed by atoms with E-state index in [0.29, 0.717) is 33.1 Å². The predicted octanol–water partition coefficient (Wildman–Crippen LogP) is 5.20. The van der Waals surface area contributed by atoms with Gasteiger partial charge in [0.05, 0.1) is 16.5 Å². The summed E-state index contributed by atoms with van der Waals surface area (Å²) in [4.78, 5) is 38.8. The zero-order valence-corrected chi connectivity index (χ0v) is 16.7. The van der Waals surface area contributed by atoms with Crippen LogP contribution in [0.1, 0.15) is 26.5 Å². The van der Waals surface area contributed by atoms with E-state index >= 15 is 0 Å². The van der Waals surface area contributed by atoms with Gasteiger partial charge in [-0.3, -0.25) is 19.0 Å². The number of ketones is 2. The number of pyridine rings is 1. The molecule has 0 amide bonds. The number of nitrogens with zero attached hydrogens (tertiary/aromatic N) is 1. The van der Waals surface area contributed by atoms with E-state index in [-0.39, 0.29) is 28.3 Å². The van der Waals surface area contributed by atoms with Crippen molar-refractivity contribution < 1.29 is 14.0 Å². The first kappa shape index (κ1) is 18.3. The maximum Gasteiger partial charge on any atom is 0.216 e. The standard InChI is InChI=1S/C27H15NO4/c29-24-18-10-4-5-11-19(18)25(30)21(24)14-17-15-22-26(31)20-12-6-7-13-23(20)28(27(22)32-17)16-8-2-1-3-9-16/h1-15H. The van der Waals surface area contributed by atoms with Crippen LogP contribution in [0.15, 0.2) is 99.7 Å². The summed E-state index contributed by atoms with van der Waals surface area (Å²) in [6.07, 6.45) is 1.43. The van der Waals surface area contributed by atoms with Gasteiger partial charge in [0.25, 0.3) is 0 Å². The van der Waals surface area contributed by atoms with Crippen molar-refractivity contribution in [3.8, 4) is 5.69 Å². The van der Waals surface area contributed by atoms with Crippen molar-refractivity contribution in [2.75, 3.05) is 0 Å². The fourth-order valence-corrected chi connectivity index (χ4v) is 4.29. The van der Waals surface area contributed by atoms with E-state index < -0.39 is 0 Å². The van der Waals surface area contributed by atoms with Gasteiger partial charge in [-0.2, -0.15) is 0 Å². The van der Waals surface area contributed by atoms with Gasteiger partial charge in [-0.15, -0.1) is 0 Å². The van der Waals surface area contributed by atoms with Crippen LogP contribution in [0.3, 0.4) is 0 Å². The summed E-state index contributed by atoms with van der Waals surface area (Å²) in [5, 5.41) is 0.944. The molecule has 6 rings (SSSR count). The Labute approximate surface area is 181 Å². The zero-order chi connectivity index (χ0) is 21.8. The molecule has 0 atom stereocenters. The van der Waals surface area contributed by atoms with Gasteiger partial charge in [-0.25, -0.2) is 0 Å². The molecule has 32 heavy (non-hydrogen) atoms. The monoisotopic (exact) mass is 417 g/mol. The number of rotatable bonds is 2. The number of carbonyl (C=O) groups excluding carboxylic acids is 2. The number of hydrogen-bond donors (Lipinski definition) is 0. The average Bonchev–Trinajstić information content (AvgIpc) is 3.36. The Morgan fingerprint density at radius 3 is 2.03 bits per heavy atom. The normalized spacial score (nSPS) is 13.2. The second-order valence-electron chi connectivity index (χ2n) is 7.65. The Kier molecular flexibility index (Phi) is 3.86. The number of benzene rings is 3. The Balaban J connectivity index is 1.62. The third kappa shape index (κ3) is 2.55. The molecule has 1 aliphatic carbocycles. The van der Waals surface area contributed by atoms with Gasteiger partial charge >= 0.3 is 0 Å². The zero-order valence-electron chi connectivity index (χ0n) is 16.7. The summed E-state index contributed by atoms with van der Waals surface area (Å²) in [7, 11) is 0. The smallest absolute Gasteiger partial charge is 0.216 e. The van der Waals surface area contributed by atoms with Crippen LogP contribution in [0.4, 0.5) is 0 Å². The molecule has 0 aliphatic heterocycles. The lowest BCUT2D eigenvalue weighted by atomic mass is 10.1. The number of allylic oxidation sites excluding steroid dienone is 1. The minimum absolute atomic E-state index is 0.0357. The van der Waals surface area contributed by atoms with E-state index in [9.17, 15) is 14.4 Å². The highest BCUT2D eigenvalue weighted by atomic mass is 16.3. The minimum atomic E-state index is -0.338. The molecule has 0 radical (unpaired) electrons. The largest absolute Gasteiger partial charge is 0.440 e. The second kappa shape index (κ2) is 6.75. The number of para-hydroxylation sites is 2. The first-order valence-electron chi connectivity index (χ1n) is 10.2. The van der Waals surface area contributed by atoms with Crippen LogP contribution in [0.5, 0.6) is 0 Å². The Morgan fingerprint density at radius 1 is 0.688 bits per heavy atom. The molecule has 0 fully saturated rings. The van der Waals surface area contributed by atoms with Crippen molar-refractivity contribution in [3.05, 3.63) is 118 Å². The van der Waals surface area contributed by atoms with Gasteiger partial charge in [0.1, 0.15) is 5.76 Å². The second-order valence-corrected chi connectivity index (χ2v) is 7.65.